The summed E-state index contributed by atoms with van der Waals surface area (Å²) in [7, 11) is -3.86. The van der Waals surface area contributed by atoms with Crippen molar-refractivity contribution in [3.8, 4) is 0 Å². The van der Waals surface area contributed by atoms with Gasteiger partial charge in [-0.05, 0) is 19.4 Å². The quantitative estimate of drug-likeness (QED) is 0.272. The summed E-state index contributed by atoms with van der Waals surface area (Å²) in [6, 6.07) is 0. The second kappa shape index (κ2) is 6.56. The van der Waals surface area contributed by atoms with E-state index in [1.54, 1.807) is 0 Å². The second-order valence-electron chi connectivity index (χ2n) is 1.99. The number of carbonyl (C=O) groups is 1. The Balaban J connectivity index is 0. The molecule has 70 valence electrons. The van der Waals surface area contributed by atoms with Crippen LogP contribution in [0.25, 0.3) is 0 Å². The number of carboxylic acid groups (broad SMARTS) is 1. The topological polar surface area (TPSA) is 83.5 Å². The molecule has 0 rings (SSSR count). The van der Waals surface area contributed by atoms with Crippen molar-refractivity contribution in [2.75, 3.05) is 6.61 Å². The zero-order chi connectivity index (χ0) is 9.78. The first-order valence-corrected chi connectivity index (χ1v) is 4.65. The molecule has 0 aliphatic carbocycles. The van der Waals surface area contributed by atoms with Crippen LogP contribution >= 0.6 is 0 Å². The fourth-order valence-corrected chi connectivity index (χ4v) is 1.39. The van der Waals surface area contributed by atoms with E-state index in [0.717, 1.165) is 6.92 Å². The largest absolute Gasteiger partial charge is 1.00 e. The van der Waals surface area contributed by atoms with Crippen LogP contribution in [0.3, 0.4) is 0 Å². The Morgan fingerprint density at radius 3 is 2.31 bits per heavy atom. The summed E-state index contributed by atoms with van der Waals surface area (Å²) in [4.78, 5) is 10.1. The third-order valence-electron chi connectivity index (χ3n) is 0.925. The SMILES string of the molecule is CCOS(=O)(=O)C=C(C)C(=O)[O-].[Na+]. The van der Waals surface area contributed by atoms with E-state index < -0.39 is 16.1 Å². The number of aliphatic carboxylic acids is 1. The predicted octanol–water partition coefficient (Wildman–Crippen LogP) is -3.99. The van der Waals surface area contributed by atoms with E-state index >= 15 is 0 Å². The van der Waals surface area contributed by atoms with Crippen LogP contribution in [-0.2, 0) is 19.1 Å². The van der Waals surface area contributed by atoms with Gasteiger partial charge in [0.05, 0.1) is 18.0 Å². The van der Waals surface area contributed by atoms with Crippen molar-refractivity contribution >= 4 is 16.1 Å². The molecule has 0 fully saturated rings. The van der Waals surface area contributed by atoms with Gasteiger partial charge in [0.1, 0.15) is 0 Å². The first-order valence-electron chi connectivity index (χ1n) is 3.18. The van der Waals surface area contributed by atoms with Crippen molar-refractivity contribution in [3.63, 3.8) is 0 Å². The molecule has 0 aromatic heterocycles. The molecule has 13 heavy (non-hydrogen) atoms. The van der Waals surface area contributed by atoms with E-state index in [1.807, 2.05) is 0 Å². The summed E-state index contributed by atoms with van der Waals surface area (Å²) in [5, 5.41) is 10.6. The van der Waals surface area contributed by atoms with Gasteiger partial charge in [-0.2, -0.15) is 8.42 Å². The van der Waals surface area contributed by atoms with Crippen LogP contribution in [0.15, 0.2) is 11.0 Å². The van der Waals surface area contributed by atoms with E-state index in [0.29, 0.717) is 5.41 Å². The zero-order valence-electron chi connectivity index (χ0n) is 7.73. The number of hydrogen-bond acceptors (Lipinski definition) is 5. The van der Waals surface area contributed by atoms with Gasteiger partial charge in [-0.1, -0.05) is 0 Å². The van der Waals surface area contributed by atoms with Crippen LogP contribution in [0, 0.1) is 0 Å². The van der Waals surface area contributed by atoms with Gasteiger partial charge in [0.15, 0.2) is 0 Å². The van der Waals surface area contributed by atoms with Crippen LogP contribution in [0.2, 0.25) is 0 Å². The molecule has 0 heterocycles. The summed E-state index contributed by atoms with van der Waals surface area (Å²) < 4.78 is 25.8. The van der Waals surface area contributed by atoms with Gasteiger partial charge in [0, 0.05) is 0 Å². The van der Waals surface area contributed by atoms with E-state index in [9.17, 15) is 18.3 Å². The molecule has 0 unspecified atom stereocenters. The van der Waals surface area contributed by atoms with Gasteiger partial charge in [-0.3, -0.25) is 4.18 Å². The molecule has 0 amide bonds. The molecule has 0 aliphatic heterocycles. The summed E-state index contributed by atoms with van der Waals surface area (Å²) in [5.41, 5.74) is -0.386. The van der Waals surface area contributed by atoms with Crippen molar-refractivity contribution in [2.24, 2.45) is 0 Å². The van der Waals surface area contributed by atoms with Gasteiger partial charge in [-0.15, -0.1) is 0 Å². The summed E-state index contributed by atoms with van der Waals surface area (Å²) in [5.74, 6) is -1.53. The fraction of sp³-hybridized carbons (Fsp3) is 0.500. The standard InChI is InChI=1S/C6H10O5S.Na/c1-3-11-12(9,10)4-5(2)6(7)8;/h4H,3H2,1-2H3,(H,7,8);/q;+1/p-1. The van der Waals surface area contributed by atoms with Gasteiger partial charge in [-0.25, -0.2) is 0 Å². The Hall–Kier alpha value is 0.120. The Morgan fingerprint density at radius 1 is 1.54 bits per heavy atom. The molecule has 7 heteroatoms. The zero-order valence-corrected chi connectivity index (χ0v) is 10.6. The maximum atomic E-state index is 10.8. The molecule has 0 radical (unpaired) electrons. The smallest absolute Gasteiger partial charge is 0.545 e. The van der Waals surface area contributed by atoms with Crippen molar-refractivity contribution in [3.05, 3.63) is 11.0 Å². The Labute approximate surface area is 99.2 Å². The summed E-state index contributed by atoms with van der Waals surface area (Å²) in [6.45, 7) is 2.57. The predicted molar refractivity (Wildman–Crippen MR) is 39.3 cm³/mol. The molecule has 0 saturated carbocycles. The Kier molecular flexibility index (Phi) is 7.86. The molecule has 0 bridgehead atoms. The monoisotopic (exact) mass is 216 g/mol. The molecular weight excluding hydrogens is 207 g/mol. The van der Waals surface area contributed by atoms with Gasteiger partial charge >= 0.3 is 29.6 Å². The van der Waals surface area contributed by atoms with E-state index in [1.165, 1.54) is 6.92 Å². The second-order valence-corrected chi connectivity index (χ2v) is 3.44. The van der Waals surface area contributed by atoms with E-state index in [2.05, 4.69) is 4.18 Å². The minimum absolute atomic E-state index is 0. The van der Waals surface area contributed by atoms with E-state index in [-0.39, 0.29) is 41.7 Å². The third kappa shape index (κ3) is 7.21. The van der Waals surface area contributed by atoms with Crippen LogP contribution in [0.4, 0.5) is 0 Å². The first kappa shape index (κ1) is 15.6. The normalized spacial score (nSPS) is 12.0. The van der Waals surface area contributed by atoms with Crippen molar-refractivity contribution < 1.29 is 52.1 Å². The third-order valence-corrected chi connectivity index (χ3v) is 2.13. The number of carbonyl (C=O) groups excluding carboxylic acids is 1. The molecule has 5 nitrogen and oxygen atoms in total. The molecule has 0 spiro atoms. The van der Waals surface area contributed by atoms with Crippen LogP contribution in [-0.4, -0.2) is 21.0 Å². The van der Waals surface area contributed by atoms with Crippen LogP contribution in [0.5, 0.6) is 0 Å². The molecular formula is C6H9NaO5S. The maximum absolute atomic E-state index is 10.8. The van der Waals surface area contributed by atoms with Crippen LogP contribution < -0.4 is 34.7 Å². The minimum atomic E-state index is -3.86. The molecule has 0 aromatic rings. The van der Waals surface area contributed by atoms with Crippen molar-refractivity contribution in [1.82, 2.24) is 0 Å². The van der Waals surface area contributed by atoms with E-state index in [4.69, 9.17) is 0 Å². The fourth-order valence-electron chi connectivity index (χ4n) is 0.463. The summed E-state index contributed by atoms with van der Waals surface area (Å²) in [6.07, 6.45) is 0. The Bertz CT molecular complexity index is 292. The van der Waals surface area contributed by atoms with Gasteiger partial charge in [0.25, 0.3) is 10.1 Å². The van der Waals surface area contributed by atoms with Crippen molar-refractivity contribution in [2.45, 2.75) is 13.8 Å². The molecule has 0 N–H and O–H groups in total. The number of hydrogen-bond donors (Lipinski definition) is 0. The molecule has 0 atom stereocenters. The Morgan fingerprint density at radius 2 is 2.00 bits per heavy atom. The molecule has 0 aromatic carbocycles. The van der Waals surface area contributed by atoms with Crippen LogP contribution in [0.1, 0.15) is 13.8 Å². The maximum Gasteiger partial charge on any atom is 1.00 e. The van der Waals surface area contributed by atoms with Gasteiger partial charge in [0.2, 0.25) is 0 Å². The number of rotatable bonds is 4. The summed E-state index contributed by atoms with van der Waals surface area (Å²) >= 11 is 0. The molecule has 0 saturated heterocycles. The number of carboxylic acids is 1. The van der Waals surface area contributed by atoms with Gasteiger partial charge < -0.3 is 9.90 Å². The average Bonchev–Trinajstić information content (AvgIpc) is 1.85. The van der Waals surface area contributed by atoms with Crippen molar-refractivity contribution in [1.29, 1.82) is 0 Å². The minimum Gasteiger partial charge on any atom is -0.545 e. The molecule has 0 aliphatic rings. The average molecular weight is 216 g/mol. The first-order chi connectivity index (χ1) is 5.39.